The molecule has 0 radical (unpaired) electrons. The Labute approximate surface area is 241 Å². The highest BCUT2D eigenvalue weighted by Crippen LogP contribution is 2.42. The molecule has 0 aliphatic rings. The second-order valence-corrected chi connectivity index (χ2v) is 10.7. The fraction of sp³-hybridized carbons (Fsp3) is 0. The first-order chi connectivity index (χ1) is 20.9. The number of hydrogen-bond donors (Lipinski definition) is 0. The molecule has 0 amide bonds. The van der Waals surface area contributed by atoms with Crippen LogP contribution in [0.2, 0.25) is 0 Å². The van der Waals surface area contributed by atoms with Crippen molar-refractivity contribution < 1.29 is 0 Å². The van der Waals surface area contributed by atoms with Crippen molar-refractivity contribution in [2.75, 3.05) is 0 Å². The van der Waals surface area contributed by atoms with E-state index in [1.165, 1.54) is 43.4 Å². The summed E-state index contributed by atoms with van der Waals surface area (Å²) < 4.78 is 4.65. The van der Waals surface area contributed by atoms with E-state index in [9.17, 15) is 0 Å². The monoisotopic (exact) mass is 536 g/mol. The maximum Gasteiger partial charge on any atom is 0.234 e. The molecule has 9 aromatic rings. The average molecular weight is 537 g/mol. The molecule has 196 valence electrons. The molecular weight excluding hydrogens is 512 g/mol. The summed E-state index contributed by atoms with van der Waals surface area (Å²) in [7, 11) is 0. The van der Waals surface area contributed by atoms with Gasteiger partial charge < -0.3 is 4.57 Å². The molecule has 0 saturated heterocycles. The van der Waals surface area contributed by atoms with Crippen molar-refractivity contribution in [2.24, 2.45) is 0 Å². The minimum absolute atomic E-state index is 0.660. The van der Waals surface area contributed by atoms with Crippen LogP contribution >= 0.6 is 0 Å². The third kappa shape index (κ3) is 3.23. The molecule has 0 unspecified atom stereocenters. The number of benzene rings is 6. The van der Waals surface area contributed by atoms with E-state index >= 15 is 0 Å². The normalized spacial score (nSPS) is 11.8. The summed E-state index contributed by atoms with van der Waals surface area (Å²) >= 11 is 0. The van der Waals surface area contributed by atoms with Gasteiger partial charge in [-0.2, -0.15) is 0 Å². The van der Waals surface area contributed by atoms with E-state index in [4.69, 9.17) is 9.97 Å². The maximum absolute atomic E-state index is 4.95. The number of nitrogens with zero attached hydrogens (tertiary/aromatic N) is 4. The minimum Gasteiger partial charge on any atom is -0.309 e. The molecule has 42 heavy (non-hydrogen) atoms. The summed E-state index contributed by atoms with van der Waals surface area (Å²) in [4.78, 5) is 9.91. The molecule has 9 rings (SSSR count). The van der Waals surface area contributed by atoms with Gasteiger partial charge in [-0.3, -0.25) is 4.57 Å². The van der Waals surface area contributed by atoms with Crippen LogP contribution in [0.4, 0.5) is 0 Å². The standard InChI is InChI=1S/C38H24N4/c1-3-11-25(12-4-1)27-23-39-38(40-24-27)42-34-18-10-8-16-30(34)32-22-20-26-19-21-31-29-15-7-9-17-33(29)41(28-13-5-2-6-14-28)36(31)35(26)37(32)42/h1-24H. The third-order valence-corrected chi connectivity index (χ3v) is 8.41. The predicted octanol–water partition coefficient (Wildman–Crippen LogP) is 9.49. The number of aromatic nitrogens is 4. The lowest BCUT2D eigenvalue weighted by molar-refractivity contribution is 0.992. The Morgan fingerprint density at radius 3 is 1.57 bits per heavy atom. The zero-order valence-corrected chi connectivity index (χ0v) is 22.6. The van der Waals surface area contributed by atoms with Crippen LogP contribution in [-0.2, 0) is 0 Å². The largest absolute Gasteiger partial charge is 0.309 e. The van der Waals surface area contributed by atoms with Gasteiger partial charge in [-0.1, -0.05) is 109 Å². The van der Waals surface area contributed by atoms with Crippen LogP contribution in [0.3, 0.4) is 0 Å². The molecule has 0 fully saturated rings. The Balaban J connectivity index is 1.46. The molecule has 0 saturated carbocycles. The van der Waals surface area contributed by atoms with Crippen molar-refractivity contribution >= 4 is 54.4 Å². The molecular formula is C38H24N4. The van der Waals surface area contributed by atoms with Gasteiger partial charge in [-0.25, -0.2) is 9.97 Å². The van der Waals surface area contributed by atoms with E-state index in [0.29, 0.717) is 5.95 Å². The first kappa shape index (κ1) is 23.0. The lowest BCUT2D eigenvalue weighted by Gasteiger charge is -2.13. The van der Waals surface area contributed by atoms with Gasteiger partial charge in [0.25, 0.3) is 0 Å². The highest BCUT2D eigenvalue weighted by Gasteiger charge is 2.21. The van der Waals surface area contributed by atoms with Crippen LogP contribution in [-0.4, -0.2) is 19.1 Å². The second-order valence-electron chi connectivity index (χ2n) is 10.7. The average Bonchev–Trinajstić information content (AvgIpc) is 3.59. The molecule has 0 atom stereocenters. The Hall–Kier alpha value is -5.74. The van der Waals surface area contributed by atoms with E-state index in [0.717, 1.165) is 27.8 Å². The fourth-order valence-electron chi connectivity index (χ4n) is 6.58. The molecule has 6 aromatic carbocycles. The Kier molecular flexibility index (Phi) is 4.87. The SMILES string of the molecule is c1ccc(-c2cnc(-n3c4ccccc4c4ccc5ccc6c7ccccc7n(-c7ccccc7)c6c5c43)nc2)cc1. The molecule has 0 bridgehead atoms. The van der Waals surface area contributed by atoms with Crippen molar-refractivity contribution in [1.82, 2.24) is 19.1 Å². The molecule has 4 heteroatoms. The van der Waals surface area contributed by atoms with Crippen LogP contribution in [0.15, 0.2) is 146 Å². The number of hydrogen-bond acceptors (Lipinski definition) is 2. The zero-order chi connectivity index (χ0) is 27.6. The van der Waals surface area contributed by atoms with Gasteiger partial charge in [0.05, 0.1) is 22.1 Å². The third-order valence-electron chi connectivity index (χ3n) is 8.41. The maximum atomic E-state index is 4.95. The van der Waals surface area contributed by atoms with E-state index in [-0.39, 0.29) is 0 Å². The Morgan fingerprint density at radius 1 is 0.405 bits per heavy atom. The molecule has 3 aromatic heterocycles. The molecule has 0 aliphatic heterocycles. The predicted molar refractivity (Wildman–Crippen MR) is 174 cm³/mol. The van der Waals surface area contributed by atoms with Gasteiger partial charge in [0, 0.05) is 50.6 Å². The second kappa shape index (κ2) is 8.88. The summed E-state index contributed by atoms with van der Waals surface area (Å²) in [5.41, 5.74) is 7.82. The van der Waals surface area contributed by atoms with E-state index in [1.54, 1.807) is 0 Å². The van der Waals surface area contributed by atoms with Crippen LogP contribution in [0.1, 0.15) is 0 Å². The summed E-state index contributed by atoms with van der Waals surface area (Å²) in [6.45, 7) is 0. The zero-order valence-electron chi connectivity index (χ0n) is 22.6. The first-order valence-corrected chi connectivity index (χ1v) is 14.2. The van der Waals surface area contributed by atoms with Gasteiger partial charge >= 0.3 is 0 Å². The van der Waals surface area contributed by atoms with Crippen molar-refractivity contribution in [3.63, 3.8) is 0 Å². The minimum atomic E-state index is 0.660. The fourth-order valence-corrected chi connectivity index (χ4v) is 6.58. The molecule has 0 spiro atoms. The van der Waals surface area contributed by atoms with Gasteiger partial charge in [-0.05, 0) is 35.2 Å². The number of rotatable bonds is 3. The van der Waals surface area contributed by atoms with Crippen LogP contribution < -0.4 is 0 Å². The summed E-state index contributed by atoms with van der Waals surface area (Å²) in [6, 6.07) is 47.2. The van der Waals surface area contributed by atoms with Crippen LogP contribution in [0, 0.1) is 0 Å². The Morgan fingerprint density at radius 2 is 0.929 bits per heavy atom. The quantitative estimate of drug-likeness (QED) is 0.225. The van der Waals surface area contributed by atoms with Crippen molar-refractivity contribution in [3.8, 4) is 22.8 Å². The highest BCUT2D eigenvalue weighted by atomic mass is 15.2. The molecule has 0 aliphatic carbocycles. The molecule has 3 heterocycles. The van der Waals surface area contributed by atoms with E-state index in [2.05, 4.69) is 124 Å². The van der Waals surface area contributed by atoms with Crippen molar-refractivity contribution in [1.29, 1.82) is 0 Å². The van der Waals surface area contributed by atoms with Gasteiger partial charge in [0.1, 0.15) is 0 Å². The van der Waals surface area contributed by atoms with E-state index in [1.807, 2.05) is 30.6 Å². The lowest BCUT2D eigenvalue weighted by atomic mass is 10.0. The van der Waals surface area contributed by atoms with E-state index < -0.39 is 0 Å². The summed E-state index contributed by atoms with van der Waals surface area (Å²) in [5, 5.41) is 7.21. The number of fused-ring (bicyclic) bond motifs is 9. The summed E-state index contributed by atoms with van der Waals surface area (Å²) in [5.74, 6) is 0.660. The topological polar surface area (TPSA) is 35.6 Å². The van der Waals surface area contributed by atoms with Crippen LogP contribution in [0.5, 0.6) is 0 Å². The van der Waals surface area contributed by atoms with Crippen molar-refractivity contribution in [2.45, 2.75) is 0 Å². The smallest absolute Gasteiger partial charge is 0.234 e. The van der Waals surface area contributed by atoms with Gasteiger partial charge in [0.15, 0.2) is 0 Å². The number of para-hydroxylation sites is 3. The van der Waals surface area contributed by atoms with Gasteiger partial charge in [-0.15, -0.1) is 0 Å². The molecule has 0 N–H and O–H groups in total. The molecule has 4 nitrogen and oxygen atoms in total. The highest BCUT2D eigenvalue weighted by molar-refractivity contribution is 6.28. The Bertz CT molecular complexity index is 2430. The lowest BCUT2D eigenvalue weighted by Crippen LogP contribution is -2.02. The van der Waals surface area contributed by atoms with Gasteiger partial charge in [0.2, 0.25) is 5.95 Å². The summed E-state index contributed by atoms with van der Waals surface area (Å²) in [6.07, 6.45) is 3.86. The first-order valence-electron chi connectivity index (χ1n) is 14.2. The van der Waals surface area contributed by atoms with Crippen molar-refractivity contribution in [3.05, 3.63) is 146 Å². The van der Waals surface area contributed by atoms with Crippen LogP contribution in [0.25, 0.3) is 77.1 Å².